The third-order valence-electron chi connectivity index (χ3n) is 3.17. The van der Waals surface area contributed by atoms with Crippen molar-refractivity contribution in [1.82, 2.24) is 0 Å². The Kier molecular flexibility index (Phi) is 4.92. The van der Waals surface area contributed by atoms with E-state index < -0.39 is 17.7 Å². The lowest BCUT2D eigenvalue weighted by molar-refractivity contribution is -0.222. The number of carbonyl (C=O) groups is 3. The molecule has 1 N–H and O–H groups in total. The van der Waals surface area contributed by atoms with Crippen molar-refractivity contribution in [3.05, 3.63) is 35.5 Å². The first kappa shape index (κ1) is 17.5. The van der Waals surface area contributed by atoms with Crippen LogP contribution >= 0.6 is 0 Å². The van der Waals surface area contributed by atoms with Crippen LogP contribution < -0.4 is 10.1 Å². The Labute approximate surface area is 139 Å². The highest BCUT2D eigenvalue weighted by molar-refractivity contribution is 6.15. The van der Waals surface area contributed by atoms with Gasteiger partial charge in [-0.05, 0) is 32.0 Å². The van der Waals surface area contributed by atoms with Crippen LogP contribution in [0.3, 0.4) is 0 Å². The molecule has 2 rings (SSSR count). The summed E-state index contributed by atoms with van der Waals surface area (Å²) < 4.78 is 15.5. The lowest BCUT2D eigenvalue weighted by atomic mass is 10.1. The lowest BCUT2D eigenvalue weighted by Gasteiger charge is -2.29. The molecule has 128 valence electrons. The summed E-state index contributed by atoms with van der Waals surface area (Å²) >= 11 is 0. The molecule has 0 saturated carbocycles. The number of carbonyl (C=O) groups excluding carboxylic acids is 3. The largest absolute Gasteiger partial charge is 0.492 e. The van der Waals surface area contributed by atoms with E-state index in [-0.39, 0.29) is 11.4 Å². The first-order valence-corrected chi connectivity index (χ1v) is 7.44. The van der Waals surface area contributed by atoms with Crippen molar-refractivity contribution in [3.63, 3.8) is 0 Å². The van der Waals surface area contributed by atoms with Crippen molar-refractivity contribution in [2.45, 2.75) is 33.5 Å². The number of esters is 2. The number of hydrogen-bond donors (Lipinski definition) is 1. The van der Waals surface area contributed by atoms with E-state index in [2.05, 4.69) is 5.32 Å². The van der Waals surface area contributed by atoms with Crippen LogP contribution in [-0.4, -0.2) is 30.1 Å². The van der Waals surface area contributed by atoms with Gasteiger partial charge in [0, 0.05) is 25.6 Å². The Balaban J connectivity index is 2.29. The van der Waals surface area contributed by atoms with Gasteiger partial charge in [-0.3, -0.25) is 4.79 Å². The van der Waals surface area contributed by atoms with Gasteiger partial charge in [-0.25, -0.2) is 9.59 Å². The van der Waals surface area contributed by atoms with Gasteiger partial charge in [0.05, 0.1) is 12.3 Å². The number of anilines is 1. The molecule has 0 aliphatic carbocycles. The van der Waals surface area contributed by atoms with Gasteiger partial charge in [-0.1, -0.05) is 0 Å². The quantitative estimate of drug-likeness (QED) is 0.383. The van der Waals surface area contributed by atoms with Crippen LogP contribution in [0.4, 0.5) is 5.69 Å². The summed E-state index contributed by atoms with van der Waals surface area (Å²) in [5, 5.41) is 2.81. The van der Waals surface area contributed by atoms with Crippen molar-refractivity contribution in [2.24, 2.45) is 0 Å². The molecule has 1 heterocycles. The van der Waals surface area contributed by atoms with Gasteiger partial charge >= 0.3 is 11.9 Å². The topological polar surface area (TPSA) is 90.9 Å². The fraction of sp³-hybridized carbons (Fsp3) is 0.353. The van der Waals surface area contributed by atoms with E-state index in [0.717, 1.165) is 0 Å². The lowest BCUT2D eigenvalue weighted by Crippen LogP contribution is -2.42. The third kappa shape index (κ3) is 3.92. The molecule has 1 saturated heterocycles. The van der Waals surface area contributed by atoms with Crippen molar-refractivity contribution in [3.8, 4) is 5.75 Å². The highest BCUT2D eigenvalue weighted by atomic mass is 16.7. The smallest absolute Gasteiger partial charge is 0.350 e. The van der Waals surface area contributed by atoms with Gasteiger partial charge in [0.15, 0.2) is 11.4 Å². The van der Waals surface area contributed by atoms with Crippen molar-refractivity contribution < 1.29 is 28.6 Å². The van der Waals surface area contributed by atoms with E-state index in [1.54, 1.807) is 18.2 Å². The van der Waals surface area contributed by atoms with Crippen molar-refractivity contribution in [2.75, 3.05) is 11.9 Å². The van der Waals surface area contributed by atoms with E-state index in [0.29, 0.717) is 23.6 Å². The Morgan fingerprint density at radius 3 is 2.42 bits per heavy atom. The second kappa shape index (κ2) is 6.74. The van der Waals surface area contributed by atoms with Gasteiger partial charge < -0.3 is 19.5 Å². The predicted octanol–water partition coefficient (Wildman–Crippen LogP) is 2.42. The molecule has 0 atom stereocenters. The predicted molar refractivity (Wildman–Crippen MR) is 85.6 cm³/mol. The van der Waals surface area contributed by atoms with Gasteiger partial charge in [0.2, 0.25) is 0 Å². The van der Waals surface area contributed by atoms with Crippen LogP contribution in [0.2, 0.25) is 0 Å². The summed E-state index contributed by atoms with van der Waals surface area (Å²) in [6.07, 6.45) is 1.18. The summed E-state index contributed by atoms with van der Waals surface area (Å²) in [4.78, 5) is 35.3. The molecule has 1 aliphatic rings. The molecule has 0 amide bonds. The van der Waals surface area contributed by atoms with Gasteiger partial charge in [-0.15, -0.1) is 0 Å². The highest BCUT2D eigenvalue weighted by Gasteiger charge is 2.38. The van der Waals surface area contributed by atoms with Gasteiger partial charge in [0.25, 0.3) is 5.79 Å². The van der Waals surface area contributed by atoms with Crippen LogP contribution in [-0.2, 0) is 19.1 Å². The molecule has 0 unspecified atom stereocenters. The molecule has 24 heavy (non-hydrogen) atoms. The number of hydrogen-bond acceptors (Lipinski definition) is 7. The molecular weight excluding hydrogens is 314 g/mol. The van der Waals surface area contributed by atoms with E-state index in [1.807, 2.05) is 6.92 Å². The van der Waals surface area contributed by atoms with Crippen LogP contribution in [0.25, 0.3) is 0 Å². The molecule has 0 bridgehead atoms. The number of Topliss-reactive ketones (excluding diaryl/α,β-unsaturated/α-hetero) is 1. The van der Waals surface area contributed by atoms with Crippen LogP contribution in [0, 0.1) is 0 Å². The van der Waals surface area contributed by atoms with Crippen molar-refractivity contribution in [1.29, 1.82) is 0 Å². The number of ether oxygens (including phenoxy) is 3. The molecule has 7 nitrogen and oxygen atoms in total. The monoisotopic (exact) mass is 333 g/mol. The minimum Gasteiger partial charge on any atom is -0.492 e. The molecule has 1 aliphatic heterocycles. The second-order valence-electron chi connectivity index (χ2n) is 5.58. The fourth-order valence-corrected chi connectivity index (χ4v) is 2.07. The third-order valence-corrected chi connectivity index (χ3v) is 3.17. The Bertz CT molecular complexity index is 698. The number of nitrogens with one attached hydrogen (secondary N) is 1. The average molecular weight is 333 g/mol. The number of cyclic esters (lactones) is 2. The maximum Gasteiger partial charge on any atom is 0.350 e. The minimum atomic E-state index is -1.30. The maximum absolute atomic E-state index is 11.9. The Hall–Kier alpha value is -2.83. The Morgan fingerprint density at radius 2 is 1.88 bits per heavy atom. The number of benzene rings is 1. The molecule has 1 aromatic carbocycles. The number of ketones is 1. The summed E-state index contributed by atoms with van der Waals surface area (Å²) in [6.45, 7) is 6.62. The normalized spacial score (nSPS) is 16.1. The highest BCUT2D eigenvalue weighted by Crippen LogP contribution is 2.28. The fourth-order valence-electron chi connectivity index (χ4n) is 2.07. The van der Waals surface area contributed by atoms with E-state index in [9.17, 15) is 14.4 Å². The van der Waals surface area contributed by atoms with Crippen molar-refractivity contribution >= 4 is 23.4 Å². The minimum absolute atomic E-state index is 0.119. The number of rotatable bonds is 5. The first-order chi connectivity index (χ1) is 11.2. The molecule has 0 spiro atoms. The SMILES string of the molecule is CCOc1ccc(C(C)=O)cc1NC=C1C(=O)OC(C)(C)OC1=O. The standard InChI is InChI=1S/C17H19NO6/c1-5-22-14-7-6-11(10(2)19)8-13(14)18-9-12-15(20)23-17(3,4)24-16(12)21/h6-9,18H,5H2,1-4H3. The zero-order chi connectivity index (χ0) is 17.9. The molecule has 1 aromatic rings. The summed E-state index contributed by atoms with van der Waals surface area (Å²) in [5.41, 5.74) is 0.641. The van der Waals surface area contributed by atoms with Gasteiger partial charge in [-0.2, -0.15) is 0 Å². The average Bonchev–Trinajstić information content (AvgIpc) is 2.46. The second-order valence-corrected chi connectivity index (χ2v) is 5.58. The molecule has 0 aromatic heterocycles. The van der Waals surface area contributed by atoms with Crippen LogP contribution in [0.1, 0.15) is 38.1 Å². The van der Waals surface area contributed by atoms with E-state index >= 15 is 0 Å². The molecule has 0 radical (unpaired) electrons. The van der Waals surface area contributed by atoms with Crippen LogP contribution in [0.15, 0.2) is 30.0 Å². The zero-order valence-electron chi connectivity index (χ0n) is 14.0. The Morgan fingerprint density at radius 1 is 1.25 bits per heavy atom. The summed E-state index contributed by atoms with van der Waals surface area (Å²) in [5.74, 6) is -2.51. The van der Waals surface area contributed by atoms with Gasteiger partial charge in [0.1, 0.15) is 5.75 Å². The molecular formula is C17H19NO6. The molecule has 1 fully saturated rings. The maximum atomic E-state index is 11.9. The molecule has 7 heteroatoms. The van der Waals surface area contributed by atoms with E-state index in [1.165, 1.54) is 27.0 Å². The first-order valence-electron chi connectivity index (χ1n) is 7.44. The summed E-state index contributed by atoms with van der Waals surface area (Å²) in [7, 11) is 0. The van der Waals surface area contributed by atoms with E-state index in [4.69, 9.17) is 14.2 Å². The summed E-state index contributed by atoms with van der Waals surface area (Å²) in [6, 6.07) is 4.85. The zero-order valence-corrected chi connectivity index (χ0v) is 14.0. The van der Waals surface area contributed by atoms with Crippen LogP contribution in [0.5, 0.6) is 5.75 Å².